The lowest BCUT2D eigenvalue weighted by Crippen LogP contribution is -2.31. The first kappa shape index (κ1) is 19.2. The summed E-state index contributed by atoms with van der Waals surface area (Å²) in [4.78, 5) is 26.5. The minimum atomic E-state index is 0.0369. The molecule has 0 saturated carbocycles. The van der Waals surface area contributed by atoms with Crippen molar-refractivity contribution >= 4 is 11.8 Å². The molecule has 1 aliphatic rings. The van der Waals surface area contributed by atoms with Crippen LogP contribution < -0.4 is 5.32 Å². The topological polar surface area (TPSA) is 49.4 Å². The summed E-state index contributed by atoms with van der Waals surface area (Å²) in [6, 6.07) is 15.9. The predicted octanol–water partition coefficient (Wildman–Crippen LogP) is 4.40. The van der Waals surface area contributed by atoms with Crippen LogP contribution in [0.15, 0.2) is 48.5 Å². The van der Waals surface area contributed by atoms with E-state index in [4.69, 9.17) is 0 Å². The number of carbonyl (C=O) groups excluding carboxylic acids is 2. The highest BCUT2D eigenvalue weighted by Crippen LogP contribution is 2.25. The van der Waals surface area contributed by atoms with Gasteiger partial charge in [-0.1, -0.05) is 56.2 Å². The number of likely N-dealkylation sites (tertiary alicyclic amines) is 1. The third-order valence-electron chi connectivity index (χ3n) is 5.13. The first-order chi connectivity index (χ1) is 13.2. The summed E-state index contributed by atoms with van der Waals surface area (Å²) in [7, 11) is 0. The number of amides is 2. The van der Waals surface area contributed by atoms with Gasteiger partial charge in [0.25, 0.3) is 5.91 Å². The summed E-state index contributed by atoms with van der Waals surface area (Å²) in [6.07, 6.45) is 5.07. The number of hydrogen-bond acceptors (Lipinski definition) is 2. The number of nitrogens with one attached hydrogen (secondary N) is 1. The van der Waals surface area contributed by atoms with Crippen LogP contribution in [0.3, 0.4) is 0 Å². The molecule has 27 heavy (non-hydrogen) atoms. The van der Waals surface area contributed by atoms with Crippen molar-refractivity contribution in [3.05, 3.63) is 59.7 Å². The number of carbonyl (C=O) groups is 2. The van der Waals surface area contributed by atoms with E-state index in [1.807, 2.05) is 60.4 Å². The molecule has 142 valence electrons. The molecule has 1 N–H and O–H groups in total. The molecule has 2 amide bonds. The molecule has 2 aromatic carbocycles. The van der Waals surface area contributed by atoms with Crippen LogP contribution in [0.4, 0.5) is 0 Å². The standard InChI is InChI=1S/C23H28N2O2/c1-2-22(26)24-17-20-10-5-6-13-21(20)18-11-9-12-19(16-18)23(27)25-14-7-3-4-8-15-25/h5-6,9-13,16H,2-4,7-8,14-15,17H2,1H3,(H,24,26). The van der Waals surface area contributed by atoms with E-state index in [0.29, 0.717) is 13.0 Å². The van der Waals surface area contributed by atoms with Gasteiger partial charge in [0.05, 0.1) is 0 Å². The van der Waals surface area contributed by atoms with E-state index in [2.05, 4.69) is 5.32 Å². The Morgan fingerprint density at radius 2 is 1.70 bits per heavy atom. The van der Waals surface area contributed by atoms with Crippen LogP contribution in [0.2, 0.25) is 0 Å². The highest BCUT2D eigenvalue weighted by molar-refractivity contribution is 5.95. The average Bonchev–Trinajstić information content (AvgIpc) is 3.01. The van der Waals surface area contributed by atoms with Gasteiger partial charge in [-0.3, -0.25) is 9.59 Å². The lowest BCUT2D eigenvalue weighted by atomic mass is 9.97. The zero-order chi connectivity index (χ0) is 19.1. The maximum atomic E-state index is 12.9. The Morgan fingerprint density at radius 3 is 2.44 bits per heavy atom. The summed E-state index contributed by atoms with van der Waals surface area (Å²) < 4.78 is 0. The normalized spacial score (nSPS) is 14.5. The van der Waals surface area contributed by atoms with Gasteiger partial charge in [-0.15, -0.1) is 0 Å². The molecular formula is C23H28N2O2. The van der Waals surface area contributed by atoms with E-state index in [9.17, 15) is 9.59 Å². The zero-order valence-electron chi connectivity index (χ0n) is 16.0. The fraction of sp³-hybridized carbons (Fsp3) is 0.391. The van der Waals surface area contributed by atoms with E-state index < -0.39 is 0 Å². The smallest absolute Gasteiger partial charge is 0.253 e. The van der Waals surface area contributed by atoms with Gasteiger partial charge < -0.3 is 10.2 Å². The minimum Gasteiger partial charge on any atom is -0.352 e. The van der Waals surface area contributed by atoms with Gasteiger partial charge in [-0.05, 0) is 41.7 Å². The second-order valence-corrected chi connectivity index (χ2v) is 7.07. The van der Waals surface area contributed by atoms with Gasteiger partial charge >= 0.3 is 0 Å². The third-order valence-corrected chi connectivity index (χ3v) is 5.13. The molecule has 0 spiro atoms. The van der Waals surface area contributed by atoms with E-state index in [0.717, 1.165) is 48.2 Å². The van der Waals surface area contributed by atoms with Gasteiger partial charge in [0.1, 0.15) is 0 Å². The van der Waals surface area contributed by atoms with Gasteiger partial charge in [0.2, 0.25) is 5.91 Å². The van der Waals surface area contributed by atoms with Crippen LogP contribution in [0.5, 0.6) is 0 Å². The van der Waals surface area contributed by atoms with Crippen LogP contribution in [0.25, 0.3) is 11.1 Å². The first-order valence-electron chi connectivity index (χ1n) is 9.93. The predicted molar refractivity (Wildman–Crippen MR) is 108 cm³/mol. The van der Waals surface area contributed by atoms with E-state index in [-0.39, 0.29) is 11.8 Å². The molecule has 0 bridgehead atoms. The summed E-state index contributed by atoms with van der Waals surface area (Å²) in [6.45, 7) is 4.04. The molecular weight excluding hydrogens is 336 g/mol. The molecule has 1 heterocycles. The van der Waals surface area contributed by atoms with Crippen LogP contribution in [-0.4, -0.2) is 29.8 Å². The second-order valence-electron chi connectivity index (χ2n) is 7.07. The van der Waals surface area contributed by atoms with Crippen molar-refractivity contribution in [1.29, 1.82) is 0 Å². The summed E-state index contributed by atoms with van der Waals surface area (Å²) in [5.41, 5.74) is 3.86. The molecule has 4 heteroatoms. The Kier molecular flexibility index (Phi) is 6.64. The molecule has 0 unspecified atom stereocenters. The summed E-state index contributed by atoms with van der Waals surface area (Å²) in [5.74, 6) is 0.158. The molecule has 0 atom stereocenters. The largest absolute Gasteiger partial charge is 0.352 e. The Hall–Kier alpha value is -2.62. The maximum Gasteiger partial charge on any atom is 0.253 e. The molecule has 2 aromatic rings. The number of hydrogen-bond donors (Lipinski definition) is 1. The van der Waals surface area contributed by atoms with Crippen molar-refractivity contribution in [3.8, 4) is 11.1 Å². The van der Waals surface area contributed by atoms with Crippen molar-refractivity contribution in [2.45, 2.75) is 45.6 Å². The van der Waals surface area contributed by atoms with Crippen molar-refractivity contribution < 1.29 is 9.59 Å². The Morgan fingerprint density at radius 1 is 0.963 bits per heavy atom. The lowest BCUT2D eigenvalue weighted by molar-refractivity contribution is -0.120. The molecule has 0 radical (unpaired) electrons. The summed E-state index contributed by atoms with van der Waals surface area (Å²) >= 11 is 0. The monoisotopic (exact) mass is 364 g/mol. The quantitative estimate of drug-likeness (QED) is 0.855. The van der Waals surface area contributed by atoms with E-state index >= 15 is 0 Å². The molecule has 3 rings (SSSR count). The molecule has 1 aliphatic heterocycles. The summed E-state index contributed by atoms with van der Waals surface area (Å²) in [5, 5.41) is 2.94. The molecule has 1 fully saturated rings. The molecule has 4 nitrogen and oxygen atoms in total. The fourth-order valence-corrected chi connectivity index (χ4v) is 3.55. The van der Waals surface area contributed by atoms with Crippen LogP contribution in [0.1, 0.15) is 54.9 Å². The van der Waals surface area contributed by atoms with Gasteiger partial charge in [0, 0.05) is 31.6 Å². The minimum absolute atomic E-state index is 0.0369. The zero-order valence-corrected chi connectivity index (χ0v) is 16.0. The molecule has 1 saturated heterocycles. The van der Waals surface area contributed by atoms with Gasteiger partial charge in [0.15, 0.2) is 0 Å². The maximum absolute atomic E-state index is 12.9. The van der Waals surface area contributed by atoms with Gasteiger partial charge in [-0.2, -0.15) is 0 Å². The van der Waals surface area contributed by atoms with Gasteiger partial charge in [-0.25, -0.2) is 0 Å². The Bertz CT molecular complexity index is 792. The average molecular weight is 364 g/mol. The lowest BCUT2D eigenvalue weighted by Gasteiger charge is -2.21. The Balaban J connectivity index is 1.83. The van der Waals surface area contributed by atoms with Crippen molar-refractivity contribution in [2.75, 3.05) is 13.1 Å². The van der Waals surface area contributed by atoms with Crippen molar-refractivity contribution in [1.82, 2.24) is 10.2 Å². The van der Waals surface area contributed by atoms with E-state index in [1.165, 1.54) is 12.8 Å². The van der Waals surface area contributed by atoms with Crippen LogP contribution >= 0.6 is 0 Å². The fourth-order valence-electron chi connectivity index (χ4n) is 3.55. The van der Waals surface area contributed by atoms with Crippen molar-refractivity contribution in [2.24, 2.45) is 0 Å². The van der Waals surface area contributed by atoms with Crippen LogP contribution in [-0.2, 0) is 11.3 Å². The Labute approximate surface area is 161 Å². The first-order valence-corrected chi connectivity index (χ1v) is 9.93. The highest BCUT2D eigenvalue weighted by Gasteiger charge is 2.18. The third kappa shape index (κ3) is 4.97. The SMILES string of the molecule is CCC(=O)NCc1ccccc1-c1cccc(C(=O)N2CCCCCC2)c1. The van der Waals surface area contributed by atoms with E-state index in [1.54, 1.807) is 0 Å². The number of nitrogens with zero attached hydrogens (tertiary/aromatic N) is 1. The van der Waals surface area contributed by atoms with Crippen LogP contribution in [0, 0.1) is 0 Å². The highest BCUT2D eigenvalue weighted by atomic mass is 16.2. The number of rotatable bonds is 5. The number of benzene rings is 2. The molecule has 0 aromatic heterocycles. The van der Waals surface area contributed by atoms with Crippen molar-refractivity contribution in [3.63, 3.8) is 0 Å². The second kappa shape index (κ2) is 9.36. The molecule has 0 aliphatic carbocycles.